The topological polar surface area (TPSA) is 63.7 Å². The molecule has 2 aromatic heterocycles. The van der Waals surface area contributed by atoms with Crippen LogP contribution in [-0.4, -0.2) is 27.0 Å². The van der Waals surface area contributed by atoms with E-state index in [-0.39, 0.29) is 0 Å². The van der Waals surface area contributed by atoms with Crippen molar-refractivity contribution < 1.29 is 4.74 Å². The Labute approximate surface area is 143 Å². The molecule has 4 aromatic rings. The molecule has 4 rings (SSSR count). The summed E-state index contributed by atoms with van der Waals surface area (Å²) in [7, 11) is 1.55. The van der Waals surface area contributed by atoms with E-state index in [0.29, 0.717) is 11.0 Å². The number of imidazole rings is 1. The maximum atomic E-state index is 6.02. The summed E-state index contributed by atoms with van der Waals surface area (Å²) in [6.07, 6.45) is 3.48. The molecule has 0 fully saturated rings. The minimum Gasteiger partial charge on any atom is -0.467 e. The van der Waals surface area contributed by atoms with Gasteiger partial charge in [0.2, 0.25) is 0 Å². The van der Waals surface area contributed by atoms with E-state index < -0.39 is 0 Å². The van der Waals surface area contributed by atoms with Crippen LogP contribution in [0.2, 0.25) is 5.02 Å². The number of H-pyrrole nitrogens is 1. The van der Waals surface area contributed by atoms with Crippen LogP contribution in [0.3, 0.4) is 0 Å². The van der Waals surface area contributed by atoms with Gasteiger partial charge >= 0.3 is 6.01 Å². The fourth-order valence-electron chi connectivity index (χ4n) is 2.51. The second-order valence-corrected chi connectivity index (χ2v) is 5.72. The molecule has 0 aliphatic rings. The Morgan fingerprint density at radius 3 is 2.33 bits per heavy atom. The van der Waals surface area contributed by atoms with Crippen LogP contribution in [0.4, 0.5) is 0 Å². The molecular formula is C18H13ClN4O. The predicted molar refractivity (Wildman–Crippen MR) is 94.1 cm³/mol. The zero-order valence-corrected chi connectivity index (χ0v) is 13.6. The molecule has 2 heterocycles. The first-order valence-corrected chi connectivity index (χ1v) is 7.73. The Hall–Kier alpha value is -2.92. The summed E-state index contributed by atoms with van der Waals surface area (Å²) in [4.78, 5) is 16.1. The van der Waals surface area contributed by atoms with E-state index in [9.17, 15) is 0 Å². The normalized spacial score (nSPS) is 10.9. The number of hydrogen-bond acceptors (Lipinski definition) is 4. The molecule has 5 nitrogen and oxygen atoms in total. The lowest BCUT2D eigenvalue weighted by molar-refractivity contribution is 0.380. The maximum Gasteiger partial charge on any atom is 0.316 e. The second kappa shape index (κ2) is 5.94. The Morgan fingerprint density at radius 1 is 0.917 bits per heavy atom. The van der Waals surface area contributed by atoms with E-state index in [1.807, 2.05) is 42.5 Å². The van der Waals surface area contributed by atoms with E-state index in [1.165, 1.54) is 0 Å². The number of rotatable bonds is 3. The van der Waals surface area contributed by atoms with Crippen LogP contribution in [0.25, 0.3) is 33.5 Å². The quantitative estimate of drug-likeness (QED) is 0.604. The number of aromatic nitrogens is 4. The van der Waals surface area contributed by atoms with Crippen molar-refractivity contribution in [1.29, 1.82) is 0 Å². The number of ether oxygens (including phenoxy) is 1. The van der Waals surface area contributed by atoms with Crippen molar-refractivity contribution in [2.75, 3.05) is 7.11 Å². The van der Waals surface area contributed by atoms with Gasteiger partial charge in [0.25, 0.3) is 0 Å². The highest BCUT2D eigenvalue weighted by Crippen LogP contribution is 2.25. The lowest BCUT2D eigenvalue weighted by Crippen LogP contribution is -1.91. The summed E-state index contributed by atoms with van der Waals surface area (Å²) in [6, 6.07) is 14.0. The van der Waals surface area contributed by atoms with Gasteiger partial charge in [-0.3, -0.25) is 0 Å². The first-order valence-electron chi connectivity index (χ1n) is 7.35. The molecule has 0 bridgehead atoms. The minimum absolute atomic E-state index is 0.358. The molecule has 24 heavy (non-hydrogen) atoms. The van der Waals surface area contributed by atoms with Crippen LogP contribution >= 0.6 is 11.6 Å². The standard InChI is InChI=1S/C18H13ClN4O/c1-24-18-20-9-13(10-21-18)11-2-4-12(5-3-11)17-22-15-7-6-14(19)8-16(15)23-17/h2-10H,1H3,(H,22,23). The third kappa shape index (κ3) is 2.70. The molecule has 0 spiro atoms. The highest BCUT2D eigenvalue weighted by Gasteiger charge is 2.07. The molecule has 6 heteroatoms. The van der Waals surface area contributed by atoms with Crippen molar-refractivity contribution in [2.45, 2.75) is 0 Å². The molecule has 0 radical (unpaired) electrons. The third-order valence-corrected chi connectivity index (χ3v) is 3.98. The average molecular weight is 337 g/mol. The summed E-state index contributed by atoms with van der Waals surface area (Å²) in [5, 5.41) is 0.688. The van der Waals surface area contributed by atoms with Crippen LogP contribution in [0.5, 0.6) is 6.01 Å². The van der Waals surface area contributed by atoms with Gasteiger partial charge in [-0.25, -0.2) is 15.0 Å². The summed E-state index contributed by atoms with van der Waals surface area (Å²) < 4.78 is 4.98. The molecule has 2 aromatic carbocycles. The fraction of sp³-hybridized carbons (Fsp3) is 0.0556. The van der Waals surface area contributed by atoms with Gasteiger partial charge in [0.1, 0.15) is 5.82 Å². The molecule has 118 valence electrons. The molecule has 0 saturated carbocycles. The van der Waals surface area contributed by atoms with Gasteiger partial charge in [-0.2, -0.15) is 0 Å². The van der Waals surface area contributed by atoms with Crippen LogP contribution in [-0.2, 0) is 0 Å². The SMILES string of the molecule is COc1ncc(-c2ccc(-c3nc4ccc(Cl)cc4[nH]3)cc2)cn1. The van der Waals surface area contributed by atoms with Crippen LogP contribution in [0.15, 0.2) is 54.9 Å². The van der Waals surface area contributed by atoms with Crippen molar-refractivity contribution in [2.24, 2.45) is 0 Å². The van der Waals surface area contributed by atoms with Gasteiger partial charge in [0.05, 0.1) is 18.1 Å². The molecule has 0 amide bonds. The number of nitrogens with one attached hydrogen (secondary N) is 1. The van der Waals surface area contributed by atoms with Crippen molar-refractivity contribution in [3.05, 3.63) is 59.9 Å². The van der Waals surface area contributed by atoms with Crippen molar-refractivity contribution in [1.82, 2.24) is 19.9 Å². The van der Waals surface area contributed by atoms with Crippen molar-refractivity contribution in [3.8, 4) is 28.5 Å². The van der Waals surface area contributed by atoms with E-state index >= 15 is 0 Å². The van der Waals surface area contributed by atoms with Gasteiger partial charge in [0, 0.05) is 28.5 Å². The molecule has 0 atom stereocenters. The number of nitrogens with zero attached hydrogens (tertiary/aromatic N) is 3. The number of aromatic amines is 1. The number of fused-ring (bicyclic) bond motifs is 1. The molecule has 1 N–H and O–H groups in total. The third-order valence-electron chi connectivity index (χ3n) is 3.75. The largest absolute Gasteiger partial charge is 0.467 e. The van der Waals surface area contributed by atoms with Crippen molar-refractivity contribution in [3.63, 3.8) is 0 Å². The fourth-order valence-corrected chi connectivity index (χ4v) is 2.68. The second-order valence-electron chi connectivity index (χ2n) is 5.28. The molecule has 0 aliphatic heterocycles. The van der Waals surface area contributed by atoms with Gasteiger partial charge in [-0.1, -0.05) is 35.9 Å². The molecule has 0 aliphatic carbocycles. The van der Waals surface area contributed by atoms with Crippen molar-refractivity contribution >= 4 is 22.6 Å². The smallest absolute Gasteiger partial charge is 0.316 e. The summed E-state index contributed by atoms with van der Waals surface area (Å²) in [5.41, 5.74) is 4.77. The summed E-state index contributed by atoms with van der Waals surface area (Å²) in [5.74, 6) is 0.810. The highest BCUT2D eigenvalue weighted by molar-refractivity contribution is 6.31. The lowest BCUT2D eigenvalue weighted by atomic mass is 10.1. The lowest BCUT2D eigenvalue weighted by Gasteiger charge is -2.03. The molecule has 0 unspecified atom stereocenters. The molecule has 0 saturated heterocycles. The predicted octanol–water partition coefficient (Wildman–Crippen LogP) is 4.35. The Kier molecular flexibility index (Phi) is 3.63. The van der Waals surface area contributed by atoms with Gasteiger partial charge in [-0.05, 0) is 23.8 Å². The minimum atomic E-state index is 0.358. The van der Waals surface area contributed by atoms with E-state index in [4.69, 9.17) is 16.3 Å². The zero-order chi connectivity index (χ0) is 16.5. The first kappa shape index (κ1) is 14.7. The number of halogens is 1. The number of methoxy groups -OCH3 is 1. The summed E-state index contributed by atoms with van der Waals surface area (Å²) >= 11 is 6.02. The Morgan fingerprint density at radius 2 is 1.62 bits per heavy atom. The summed E-state index contributed by atoms with van der Waals surface area (Å²) in [6.45, 7) is 0. The molecular weight excluding hydrogens is 324 g/mol. The van der Waals surface area contributed by atoms with E-state index in [2.05, 4.69) is 19.9 Å². The Balaban J connectivity index is 1.66. The number of benzene rings is 2. The zero-order valence-electron chi connectivity index (χ0n) is 12.8. The first-order chi connectivity index (χ1) is 11.7. The monoisotopic (exact) mass is 336 g/mol. The van der Waals surface area contributed by atoms with Gasteiger partial charge in [0.15, 0.2) is 0 Å². The van der Waals surface area contributed by atoms with Crippen LogP contribution in [0.1, 0.15) is 0 Å². The maximum absolute atomic E-state index is 6.02. The van der Waals surface area contributed by atoms with Crippen LogP contribution < -0.4 is 4.74 Å². The van der Waals surface area contributed by atoms with E-state index in [0.717, 1.165) is 33.5 Å². The Bertz CT molecular complexity index is 994. The number of hydrogen-bond donors (Lipinski definition) is 1. The van der Waals surface area contributed by atoms with Gasteiger partial charge < -0.3 is 9.72 Å². The van der Waals surface area contributed by atoms with Crippen LogP contribution in [0, 0.1) is 0 Å². The van der Waals surface area contributed by atoms with Gasteiger partial charge in [-0.15, -0.1) is 0 Å². The van der Waals surface area contributed by atoms with E-state index in [1.54, 1.807) is 19.5 Å². The highest BCUT2D eigenvalue weighted by atomic mass is 35.5. The average Bonchev–Trinajstić information content (AvgIpc) is 3.05.